The molecule has 2 N–H and O–H groups in total. The van der Waals surface area contributed by atoms with Crippen molar-refractivity contribution in [2.45, 2.75) is 19.9 Å². The number of aromatic nitrogens is 5. The molecule has 0 bridgehead atoms. The van der Waals surface area contributed by atoms with Crippen LogP contribution in [0.4, 0.5) is 17.3 Å². The summed E-state index contributed by atoms with van der Waals surface area (Å²) in [6, 6.07) is 0. The van der Waals surface area contributed by atoms with Gasteiger partial charge >= 0.3 is 5.69 Å². The molecule has 112 valence electrons. The van der Waals surface area contributed by atoms with Gasteiger partial charge in [-0.25, -0.2) is 9.97 Å². The van der Waals surface area contributed by atoms with Crippen LogP contribution in [0.5, 0.6) is 0 Å². The van der Waals surface area contributed by atoms with Gasteiger partial charge in [0.25, 0.3) is 0 Å². The van der Waals surface area contributed by atoms with Crippen LogP contribution >= 0.6 is 0 Å². The monoisotopic (exact) mass is 292 g/mol. The van der Waals surface area contributed by atoms with Crippen LogP contribution in [0.15, 0.2) is 12.7 Å². The first-order chi connectivity index (χ1) is 10.1. The maximum Gasteiger partial charge on any atom is 0.353 e. The maximum absolute atomic E-state index is 11.2. The van der Waals surface area contributed by atoms with Crippen LogP contribution in [0.3, 0.4) is 0 Å². The number of anilines is 2. The van der Waals surface area contributed by atoms with Crippen LogP contribution in [0, 0.1) is 10.1 Å². The zero-order chi connectivity index (χ0) is 15.2. The molecule has 0 amide bonds. The van der Waals surface area contributed by atoms with Crippen molar-refractivity contribution in [2.24, 2.45) is 7.05 Å². The summed E-state index contributed by atoms with van der Waals surface area (Å²) < 4.78 is 1.72. The molecule has 0 spiro atoms. The van der Waals surface area contributed by atoms with E-state index in [-0.39, 0.29) is 23.9 Å². The van der Waals surface area contributed by atoms with E-state index in [4.69, 9.17) is 0 Å². The van der Waals surface area contributed by atoms with Crippen LogP contribution in [0.1, 0.15) is 19.2 Å². The van der Waals surface area contributed by atoms with E-state index in [1.54, 1.807) is 17.9 Å². The topological polar surface area (TPSA) is 124 Å². The molecule has 10 nitrogen and oxygen atoms in total. The molecule has 21 heavy (non-hydrogen) atoms. The smallest absolute Gasteiger partial charge is 0.353 e. The Morgan fingerprint density at radius 3 is 2.62 bits per heavy atom. The van der Waals surface area contributed by atoms with E-state index in [1.165, 1.54) is 6.33 Å². The average molecular weight is 292 g/mol. The standard InChI is InChI=1S/C11H16N8O2/c1-3-4-12-10-9(19(20)21)11(15-6-14-10)13-5-8-17-16-7-18(8)2/h6-7H,3-5H2,1-2H3,(H2,12,13,14,15). The lowest BCUT2D eigenvalue weighted by Crippen LogP contribution is -2.12. The van der Waals surface area contributed by atoms with E-state index in [0.29, 0.717) is 12.4 Å². The van der Waals surface area contributed by atoms with Crippen molar-refractivity contribution < 1.29 is 4.92 Å². The van der Waals surface area contributed by atoms with Crippen molar-refractivity contribution in [2.75, 3.05) is 17.2 Å². The molecule has 0 aliphatic carbocycles. The molecule has 0 aliphatic heterocycles. The fraction of sp³-hybridized carbons (Fsp3) is 0.455. The minimum Gasteiger partial charge on any atom is -0.364 e. The number of nitrogens with zero attached hydrogens (tertiary/aromatic N) is 6. The van der Waals surface area contributed by atoms with E-state index in [9.17, 15) is 10.1 Å². The lowest BCUT2D eigenvalue weighted by Gasteiger charge is -2.09. The van der Waals surface area contributed by atoms with Crippen molar-refractivity contribution in [3.05, 3.63) is 28.6 Å². The second-order valence-corrected chi connectivity index (χ2v) is 4.32. The lowest BCUT2D eigenvalue weighted by atomic mass is 10.4. The van der Waals surface area contributed by atoms with Crippen molar-refractivity contribution in [3.63, 3.8) is 0 Å². The highest BCUT2D eigenvalue weighted by Gasteiger charge is 2.22. The highest BCUT2D eigenvalue weighted by molar-refractivity contribution is 5.69. The Balaban J connectivity index is 2.21. The Morgan fingerprint density at radius 1 is 1.33 bits per heavy atom. The highest BCUT2D eigenvalue weighted by atomic mass is 16.6. The number of aryl methyl sites for hydroxylation is 1. The first-order valence-electron chi connectivity index (χ1n) is 6.43. The largest absolute Gasteiger partial charge is 0.364 e. The fourth-order valence-corrected chi connectivity index (χ4v) is 1.68. The summed E-state index contributed by atoms with van der Waals surface area (Å²) in [5.41, 5.74) is -0.173. The predicted octanol–water partition coefficient (Wildman–Crippen LogP) is 0.947. The first-order valence-corrected chi connectivity index (χ1v) is 6.43. The van der Waals surface area contributed by atoms with Gasteiger partial charge < -0.3 is 15.2 Å². The molecule has 0 aliphatic rings. The SMILES string of the molecule is CCCNc1ncnc(NCc2nncn2C)c1[N+](=O)[O-]. The van der Waals surface area contributed by atoms with Crippen LogP contribution in [-0.2, 0) is 13.6 Å². The predicted molar refractivity (Wildman–Crippen MR) is 75.8 cm³/mol. The third-order valence-corrected chi connectivity index (χ3v) is 2.77. The fourth-order valence-electron chi connectivity index (χ4n) is 1.68. The number of hydrogen-bond acceptors (Lipinski definition) is 8. The third-order valence-electron chi connectivity index (χ3n) is 2.77. The molecule has 2 aromatic heterocycles. The number of hydrogen-bond donors (Lipinski definition) is 2. The van der Waals surface area contributed by atoms with E-state index >= 15 is 0 Å². The minimum absolute atomic E-state index is 0.150. The molecule has 0 fully saturated rings. The molecular weight excluding hydrogens is 276 g/mol. The number of nitrogens with one attached hydrogen (secondary N) is 2. The van der Waals surface area contributed by atoms with Crippen molar-refractivity contribution in [1.82, 2.24) is 24.7 Å². The van der Waals surface area contributed by atoms with Gasteiger partial charge in [-0.3, -0.25) is 10.1 Å². The third kappa shape index (κ3) is 3.41. The zero-order valence-corrected chi connectivity index (χ0v) is 11.8. The van der Waals surface area contributed by atoms with E-state index in [1.807, 2.05) is 6.92 Å². The van der Waals surface area contributed by atoms with Crippen molar-refractivity contribution in [1.29, 1.82) is 0 Å². The Morgan fingerprint density at radius 2 is 2.05 bits per heavy atom. The van der Waals surface area contributed by atoms with Gasteiger partial charge in [0.05, 0.1) is 11.5 Å². The molecule has 0 saturated carbocycles. The van der Waals surface area contributed by atoms with Gasteiger partial charge in [-0.2, -0.15) is 0 Å². The average Bonchev–Trinajstić information content (AvgIpc) is 2.87. The number of rotatable bonds is 7. The van der Waals surface area contributed by atoms with Crippen LogP contribution < -0.4 is 10.6 Å². The minimum atomic E-state index is -0.503. The van der Waals surface area contributed by atoms with Crippen LogP contribution in [0.2, 0.25) is 0 Å². The molecule has 10 heteroatoms. The molecule has 0 atom stereocenters. The van der Waals surface area contributed by atoms with E-state index < -0.39 is 4.92 Å². The molecule has 0 radical (unpaired) electrons. The van der Waals surface area contributed by atoms with Gasteiger partial charge in [0.1, 0.15) is 12.7 Å². The number of nitro groups is 1. The summed E-state index contributed by atoms with van der Waals surface area (Å²) in [5.74, 6) is 1.000. The Bertz CT molecular complexity index is 626. The van der Waals surface area contributed by atoms with Gasteiger partial charge in [0.2, 0.25) is 11.6 Å². The molecule has 0 aromatic carbocycles. The van der Waals surface area contributed by atoms with Crippen LogP contribution in [-0.4, -0.2) is 36.2 Å². The zero-order valence-electron chi connectivity index (χ0n) is 11.8. The van der Waals surface area contributed by atoms with Crippen LogP contribution in [0.25, 0.3) is 0 Å². The van der Waals surface area contributed by atoms with Gasteiger partial charge in [0.15, 0.2) is 5.82 Å². The molecule has 0 unspecified atom stereocenters. The molecule has 2 heterocycles. The first kappa shape index (κ1) is 14.6. The summed E-state index contributed by atoms with van der Waals surface area (Å²) in [6.45, 7) is 2.84. The Kier molecular flexibility index (Phi) is 4.59. The quantitative estimate of drug-likeness (QED) is 0.571. The van der Waals surface area contributed by atoms with E-state index in [0.717, 1.165) is 6.42 Å². The summed E-state index contributed by atoms with van der Waals surface area (Å²) in [6.07, 6.45) is 3.67. The normalized spacial score (nSPS) is 10.4. The molecule has 2 rings (SSSR count). The highest BCUT2D eigenvalue weighted by Crippen LogP contribution is 2.28. The summed E-state index contributed by atoms with van der Waals surface area (Å²) >= 11 is 0. The summed E-state index contributed by atoms with van der Waals surface area (Å²) in [5, 5.41) is 24.7. The van der Waals surface area contributed by atoms with Gasteiger partial charge in [-0.1, -0.05) is 6.92 Å². The van der Waals surface area contributed by atoms with Gasteiger partial charge in [0, 0.05) is 13.6 Å². The van der Waals surface area contributed by atoms with E-state index in [2.05, 4.69) is 30.8 Å². The molecular formula is C11H16N8O2. The lowest BCUT2D eigenvalue weighted by molar-refractivity contribution is -0.383. The van der Waals surface area contributed by atoms with Crippen molar-refractivity contribution >= 4 is 17.3 Å². The Labute approximate surface area is 120 Å². The van der Waals surface area contributed by atoms with Gasteiger partial charge in [-0.05, 0) is 6.42 Å². The second-order valence-electron chi connectivity index (χ2n) is 4.32. The summed E-state index contributed by atoms with van der Waals surface area (Å²) in [4.78, 5) is 18.6. The Hall–Kier alpha value is -2.78. The second kappa shape index (κ2) is 6.59. The summed E-state index contributed by atoms with van der Waals surface area (Å²) in [7, 11) is 1.79. The maximum atomic E-state index is 11.2. The van der Waals surface area contributed by atoms with Crippen molar-refractivity contribution in [3.8, 4) is 0 Å². The molecule has 0 saturated heterocycles. The van der Waals surface area contributed by atoms with Gasteiger partial charge in [-0.15, -0.1) is 10.2 Å². The molecule has 2 aromatic rings.